The third-order valence-electron chi connectivity index (χ3n) is 3.33. The average molecular weight is 337 g/mol. The van der Waals surface area contributed by atoms with Crippen LogP contribution in [0.1, 0.15) is 34.1 Å². The number of nitrogens with one attached hydrogen (secondary N) is 2. The Labute approximate surface area is 150 Å². The lowest BCUT2D eigenvalue weighted by Gasteiger charge is -2.09. The van der Waals surface area contributed by atoms with E-state index >= 15 is 0 Å². The van der Waals surface area contributed by atoms with Gasteiger partial charge in [-0.25, -0.2) is 10.2 Å². The predicted octanol–water partition coefficient (Wildman–Crippen LogP) is 5.60. The van der Waals surface area contributed by atoms with Gasteiger partial charge >= 0.3 is 6.03 Å². The number of hydrogen-bond donors (Lipinski definition) is 2. The Morgan fingerprint density at radius 2 is 1.84 bits per heavy atom. The van der Waals surface area contributed by atoms with Crippen LogP contribution < -0.4 is 10.7 Å². The minimum absolute atomic E-state index is 0.366. The molecule has 0 aromatic heterocycles. The van der Waals surface area contributed by atoms with Crippen molar-refractivity contribution in [1.29, 1.82) is 0 Å². The van der Waals surface area contributed by atoms with Gasteiger partial charge in [0.15, 0.2) is 0 Å². The van der Waals surface area contributed by atoms with E-state index in [1.54, 1.807) is 0 Å². The number of rotatable bonds is 7. The van der Waals surface area contributed by atoms with Gasteiger partial charge in [0.2, 0.25) is 0 Å². The van der Waals surface area contributed by atoms with Crippen LogP contribution in [-0.2, 0) is 0 Å². The highest BCUT2D eigenvalue weighted by Gasteiger charge is 2.07. The summed E-state index contributed by atoms with van der Waals surface area (Å²) < 4.78 is 0. The van der Waals surface area contributed by atoms with Crippen LogP contribution in [0.2, 0.25) is 0 Å². The molecule has 0 unspecified atom stereocenters. The summed E-state index contributed by atoms with van der Waals surface area (Å²) in [6.07, 6.45) is 12.6. The molecule has 2 N–H and O–H groups in total. The number of carbonyl (C=O) groups excluding carboxylic acids is 1. The number of allylic oxidation sites excluding steroid dienone is 8. The zero-order valence-electron chi connectivity index (χ0n) is 15.4. The Bertz CT molecular complexity index is 695. The number of anilines is 1. The summed E-state index contributed by atoms with van der Waals surface area (Å²) in [7, 11) is 0. The molecule has 0 aliphatic carbocycles. The summed E-state index contributed by atoms with van der Waals surface area (Å²) in [6.45, 7) is 7.94. The summed E-state index contributed by atoms with van der Waals surface area (Å²) in [5.74, 6) is 0. The van der Waals surface area contributed by atoms with E-state index in [-0.39, 0.29) is 6.03 Å². The lowest BCUT2D eigenvalue weighted by molar-refractivity contribution is 0.252. The fourth-order valence-corrected chi connectivity index (χ4v) is 2.13. The first-order valence-electron chi connectivity index (χ1n) is 8.37. The van der Waals surface area contributed by atoms with E-state index < -0.39 is 0 Å². The molecule has 4 heteroatoms. The smallest absolute Gasteiger partial charge is 0.307 e. The van der Waals surface area contributed by atoms with E-state index in [0.29, 0.717) is 6.42 Å². The first kappa shape index (κ1) is 20.2. The van der Waals surface area contributed by atoms with Crippen LogP contribution in [0.4, 0.5) is 10.5 Å². The molecule has 0 saturated heterocycles. The predicted molar refractivity (Wildman–Crippen MR) is 108 cm³/mol. The summed E-state index contributed by atoms with van der Waals surface area (Å²) in [4.78, 5) is 12.1. The fourth-order valence-electron chi connectivity index (χ4n) is 2.13. The second-order valence-electron chi connectivity index (χ2n) is 5.45. The molecule has 0 saturated carbocycles. The van der Waals surface area contributed by atoms with Crippen LogP contribution in [0.25, 0.3) is 0 Å². The monoisotopic (exact) mass is 337 g/mol. The lowest BCUT2D eigenvalue weighted by Crippen LogP contribution is -2.25. The molecule has 2 amide bonds. The van der Waals surface area contributed by atoms with Crippen LogP contribution in [-0.4, -0.2) is 11.7 Å². The average Bonchev–Trinajstić information content (AvgIpc) is 2.62. The second kappa shape index (κ2) is 11.6. The van der Waals surface area contributed by atoms with Crippen molar-refractivity contribution in [3.63, 3.8) is 0 Å². The Morgan fingerprint density at radius 3 is 2.44 bits per heavy atom. The third kappa shape index (κ3) is 7.97. The molecule has 0 atom stereocenters. The largest absolute Gasteiger partial charge is 0.339 e. The molecular formula is C21H27N3O. The maximum atomic E-state index is 12.1. The van der Waals surface area contributed by atoms with Gasteiger partial charge in [-0.3, -0.25) is 0 Å². The summed E-state index contributed by atoms with van der Waals surface area (Å²) >= 11 is 0. The minimum atomic E-state index is -0.366. The molecule has 0 radical (unpaired) electrons. The van der Waals surface area contributed by atoms with E-state index in [2.05, 4.69) is 15.8 Å². The van der Waals surface area contributed by atoms with E-state index in [4.69, 9.17) is 0 Å². The Hall–Kier alpha value is -2.88. The molecular weight excluding hydrogens is 310 g/mol. The maximum absolute atomic E-state index is 12.1. The fraction of sp³-hybridized carbons (Fsp3) is 0.238. The SMILES string of the molecule is C/C=C\C=C(/C)CC(=N\NC(=O)Nc1ccccc1)/C(/C=C\C)=C/C. The molecule has 132 valence electrons. The molecule has 0 bridgehead atoms. The number of amides is 2. The quantitative estimate of drug-likeness (QED) is 0.380. The van der Waals surface area contributed by atoms with E-state index in [1.807, 2.05) is 94.5 Å². The van der Waals surface area contributed by atoms with Gasteiger partial charge in [-0.15, -0.1) is 0 Å². The normalized spacial score (nSPS) is 13.5. The molecule has 0 fully saturated rings. The van der Waals surface area contributed by atoms with Crippen LogP contribution in [0.5, 0.6) is 0 Å². The number of urea groups is 1. The number of benzene rings is 1. The summed E-state index contributed by atoms with van der Waals surface area (Å²) in [5.41, 5.74) is 6.25. The Kier molecular flexibility index (Phi) is 9.38. The van der Waals surface area contributed by atoms with Crippen molar-refractivity contribution in [2.45, 2.75) is 34.1 Å². The van der Waals surface area contributed by atoms with Crippen LogP contribution in [0.3, 0.4) is 0 Å². The number of hydrazone groups is 1. The van der Waals surface area contributed by atoms with E-state index in [9.17, 15) is 4.79 Å². The molecule has 1 rings (SSSR count). The highest BCUT2D eigenvalue weighted by atomic mass is 16.2. The lowest BCUT2D eigenvalue weighted by atomic mass is 10.0. The van der Waals surface area contributed by atoms with Crippen LogP contribution in [0, 0.1) is 0 Å². The topological polar surface area (TPSA) is 53.5 Å². The standard InChI is InChI=1S/C21H27N3O/c1-5-8-13-17(4)16-20(18(7-3)12-6-2)23-24-21(25)22-19-14-10-9-11-15-19/h5-15H,16H2,1-4H3,(H2,22,24,25)/b8-5-,12-6-,17-13+,18-7+,23-20+. The first-order valence-corrected chi connectivity index (χ1v) is 8.37. The van der Waals surface area contributed by atoms with Crippen molar-refractivity contribution in [3.05, 3.63) is 77.9 Å². The number of nitrogens with zero attached hydrogens (tertiary/aromatic N) is 1. The van der Waals surface area contributed by atoms with Crippen molar-refractivity contribution >= 4 is 17.4 Å². The zero-order valence-corrected chi connectivity index (χ0v) is 15.4. The van der Waals surface area contributed by atoms with E-state index in [1.165, 1.54) is 0 Å². The molecule has 4 nitrogen and oxygen atoms in total. The summed E-state index contributed by atoms with van der Waals surface area (Å²) in [6, 6.07) is 8.91. The molecule has 0 aliphatic rings. The Morgan fingerprint density at radius 1 is 1.12 bits per heavy atom. The van der Waals surface area contributed by atoms with Crippen molar-refractivity contribution < 1.29 is 4.79 Å². The van der Waals surface area contributed by atoms with Crippen LogP contribution in [0.15, 0.2) is 83.0 Å². The maximum Gasteiger partial charge on any atom is 0.339 e. The van der Waals surface area contributed by atoms with Crippen molar-refractivity contribution in [3.8, 4) is 0 Å². The number of carbonyl (C=O) groups is 1. The van der Waals surface area contributed by atoms with Gasteiger partial charge in [-0.2, -0.15) is 5.10 Å². The van der Waals surface area contributed by atoms with Crippen molar-refractivity contribution in [2.24, 2.45) is 5.10 Å². The van der Waals surface area contributed by atoms with E-state index in [0.717, 1.165) is 22.5 Å². The van der Waals surface area contributed by atoms with Gasteiger partial charge in [0.25, 0.3) is 0 Å². The summed E-state index contributed by atoms with van der Waals surface area (Å²) in [5, 5.41) is 7.08. The number of hydrogen-bond acceptors (Lipinski definition) is 2. The van der Waals surface area contributed by atoms with Gasteiger partial charge < -0.3 is 5.32 Å². The molecule has 25 heavy (non-hydrogen) atoms. The van der Waals surface area contributed by atoms with Gasteiger partial charge in [-0.1, -0.05) is 60.2 Å². The highest BCUT2D eigenvalue weighted by molar-refractivity contribution is 6.04. The van der Waals surface area contributed by atoms with Gasteiger partial charge in [-0.05, 0) is 45.4 Å². The third-order valence-corrected chi connectivity index (χ3v) is 3.33. The zero-order chi connectivity index (χ0) is 18.5. The molecule has 0 aliphatic heterocycles. The van der Waals surface area contributed by atoms with Crippen LogP contribution >= 0.6 is 0 Å². The molecule has 1 aromatic carbocycles. The minimum Gasteiger partial charge on any atom is -0.307 e. The molecule has 1 aromatic rings. The second-order valence-corrected chi connectivity index (χ2v) is 5.45. The molecule has 0 spiro atoms. The van der Waals surface area contributed by atoms with Gasteiger partial charge in [0, 0.05) is 12.1 Å². The van der Waals surface area contributed by atoms with Gasteiger partial charge in [0.1, 0.15) is 0 Å². The Balaban J connectivity index is 2.90. The molecule has 0 heterocycles. The van der Waals surface area contributed by atoms with Gasteiger partial charge in [0.05, 0.1) is 5.71 Å². The highest BCUT2D eigenvalue weighted by Crippen LogP contribution is 2.11. The number of para-hydroxylation sites is 1. The first-order chi connectivity index (χ1) is 12.1. The van der Waals surface area contributed by atoms with Crippen molar-refractivity contribution in [1.82, 2.24) is 5.43 Å². The van der Waals surface area contributed by atoms with Crippen molar-refractivity contribution in [2.75, 3.05) is 5.32 Å².